The van der Waals surface area contributed by atoms with E-state index in [1.54, 1.807) is 0 Å². The number of ether oxygens (including phenoxy) is 2. The molecule has 5 nitrogen and oxygen atoms in total. The fraction of sp³-hybridized carbons (Fsp3) is 0.143. The number of aromatic nitrogens is 1. The van der Waals surface area contributed by atoms with E-state index in [2.05, 4.69) is 325 Å². The van der Waals surface area contributed by atoms with Gasteiger partial charge in [-0.2, -0.15) is 0 Å². The summed E-state index contributed by atoms with van der Waals surface area (Å²) in [4.78, 5) is 5.00. The molecule has 17 rings (SSSR count). The van der Waals surface area contributed by atoms with Crippen molar-refractivity contribution in [3.8, 4) is 62.1 Å². The van der Waals surface area contributed by atoms with E-state index in [0.717, 1.165) is 145 Å². The fourth-order valence-electron chi connectivity index (χ4n) is 15.0. The van der Waals surface area contributed by atoms with Crippen LogP contribution in [0.5, 0.6) is 23.0 Å². The van der Waals surface area contributed by atoms with E-state index in [1.165, 1.54) is 16.3 Å². The zero-order valence-electron chi connectivity index (χ0n) is 54.0. The summed E-state index contributed by atoms with van der Waals surface area (Å²) in [6, 6.07) is 91.6. The van der Waals surface area contributed by atoms with Crippen LogP contribution in [0.3, 0.4) is 0 Å². The summed E-state index contributed by atoms with van der Waals surface area (Å²) in [5.41, 5.74) is 25.0. The first-order valence-corrected chi connectivity index (χ1v) is 32.1. The van der Waals surface area contributed by atoms with Crippen LogP contribution in [-0.4, -0.2) is 18.0 Å². The van der Waals surface area contributed by atoms with Gasteiger partial charge in [-0.15, -0.1) is 0 Å². The summed E-state index contributed by atoms with van der Waals surface area (Å²) in [6.45, 7) is 19.8. The average Bonchev–Trinajstić information content (AvgIpc) is 0.798. The highest BCUT2D eigenvalue weighted by Gasteiger charge is 2.48. The van der Waals surface area contributed by atoms with Crippen molar-refractivity contribution in [3.05, 3.63) is 271 Å². The van der Waals surface area contributed by atoms with Crippen molar-refractivity contribution in [3.63, 3.8) is 0 Å². The number of anilines is 6. The molecule has 0 spiro atoms. The van der Waals surface area contributed by atoms with E-state index in [0.29, 0.717) is 11.8 Å². The number of hydrogen-bond acceptors (Lipinski definition) is 4. The molecule has 1 aromatic heterocycles. The molecule has 4 aliphatic heterocycles. The van der Waals surface area contributed by atoms with Gasteiger partial charge in [0.1, 0.15) is 23.0 Å². The maximum Gasteiger partial charge on any atom is 0.256 e. The topological polar surface area (TPSA) is 29.9 Å². The van der Waals surface area contributed by atoms with Gasteiger partial charge in [-0.1, -0.05) is 244 Å². The monoisotopic (exact) mass is 1170 g/mol. The van der Waals surface area contributed by atoms with Gasteiger partial charge >= 0.3 is 0 Å². The molecule has 0 fully saturated rings. The van der Waals surface area contributed by atoms with E-state index >= 15 is 0 Å². The summed E-state index contributed by atoms with van der Waals surface area (Å²) < 4.78 is 29.1. The Balaban J connectivity index is 0.994. The molecule has 5 heterocycles. The van der Waals surface area contributed by atoms with E-state index < -0.39 is 6.71 Å². The molecule has 438 valence electrons. The number of benzene rings is 12. The van der Waals surface area contributed by atoms with Crippen LogP contribution < -0.4 is 52.1 Å². The fourth-order valence-corrected chi connectivity index (χ4v) is 15.0. The van der Waals surface area contributed by atoms with Crippen LogP contribution in [0.4, 0.5) is 34.1 Å². The van der Waals surface area contributed by atoms with Crippen LogP contribution in [0.1, 0.15) is 80.4 Å². The van der Waals surface area contributed by atoms with Gasteiger partial charge in [0.15, 0.2) is 0 Å². The number of nitrogens with zero attached hydrogens (tertiary/aromatic N) is 3. The summed E-state index contributed by atoms with van der Waals surface area (Å²) in [6.07, 6.45) is 0. The second kappa shape index (κ2) is 20.1. The lowest BCUT2D eigenvalue weighted by Gasteiger charge is -2.44. The maximum atomic E-state index is 11.6. The van der Waals surface area contributed by atoms with Gasteiger partial charge in [-0.25, -0.2) is 0 Å². The maximum absolute atomic E-state index is 11.6. The van der Waals surface area contributed by atoms with Crippen LogP contribution in [0, 0.1) is 0 Å². The highest BCUT2D eigenvalue weighted by molar-refractivity contribution is 7.02. The molecule has 12 aromatic carbocycles. The third kappa shape index (κ3) is 8.61. The number of hydrogen-bond donors (Lipinski definition) is 0. The minimum atomic E-state index is -0.420. The van der Waals surface area contributed by atoms with E-state index in [-0.39, 0.29) is 23.0 Å². The van der Waals surface area contributed by atoms with Crippen molar-refractivity contribution in [2.45, 2.75) is 78.6 Å². The van der Waals surface area contributed by atoms with E-state index in [9.17, 15) is 1.37 Å². The number of para-hydroxylation sites is 4. The largest absolute Gasteiger partial charge is 0.458 e. The predicted octanol–water partition coefficient (Wildman–Crippen LogP) is 18.5. The van der Waals surface area contributed by atoms with Crippen molar-refractivity contribution in [2.75, 3.05) is 9.80 Å². The molecule has 0 bridgehead atoms. The van der Waals surface area contributed by atoms with Crippen molar-refractivity contribution in [2.24, 2.45) is 0 Å². The van der Waals surface area contributed by atoms with Crippen molar-refractivity contribution in [1.29, 1.82) is 0 Å². The van der Waals surface area contributed by atoms with Gasteiger partial charge in [-0.05, 0) is 149 Å². The standard InChI is InChI=1S/C84H69B2N3O2/c1-82(2,3)55-40-43-70-63(44-55)62-33-20-23-38-69(62)87(70)58-41-42-64-71(49-58)88(68-37-22-19-32-59(68)52-26-13-10-14-27-52)73-45-56(83(4,5)6)48-78-79(73)85(64)67-50-66-72(51-76(67)91-78)89(81-60(53-28-15-11-16-29-53)34-25-35-61(81)54-30-17-12-18-31-54)74-46-57(84(7,8)9)47-77-80(74)86(66)65-36-21-24-39-75(65)90-77/h10-51H,1-9H3/i50D. The Morgan fingerprint density at radius 2 is 0.846 bits per heavy atom. The quantitative estimate of drug-likeness (QED) is 0.155. The molecule has 0 atom stereocenters. The number of rotatable bonds is 6. The highest BCUT2D eigenvalue weighted by Crippen LogP contribution is 2.53. The first kappa shape index (κ1) is 53.8. The summed E-state index contributed by atoms with van der Waals surface area (Å²) >= 11 is 0. The molecule has 0 aliphatic carbocycles. The molecule has 0 saturated heterocycles. The van der Waals surface area contributed by atoms with Crippen molar-refractivity contribution >= 4 is 102 Å². The Morgan fingerprint density at radius 3 is 1.49 bits per heavy atom. The van der Waals surface area contributed by atoms with Crippen LogP contribution in [0.15, 0.2) is 255 Å². The van der Waals surface area contributed by atoms with Crippen LogP contribution in [0.25, 0.3) is 60.9 Å². The molecular formula is C84H69B2N3O2. The summed E-state index contributed by atoms with van der Waals surface area (Å²) in [5, 5.41) is 2.45. The Labute approximate surface area is 536 Å². The smallest absolute Gasteiger partial charge is 0.256 e. The van der Waals surface area contributed by atoms with Gasteiger partial charge in [0.25, 0.3) is 13.4 Å². The molecule has 0 radical (unpaired) electrons. The SMILES string of the molecule is [2H]c1c2c(cc3c1B1c4ccccc4Oc4cc(C(C)(C)C)cc(c41)N3c1c(-c3ccccc3)cccc1-c1ccccc1)Oc1cc(C(C)(C)C)cc3c1B2c1ccc(-n2c4ccccc4c4cc(C(C)(C)C)ccc42)cc1N3c1ccccc1-c1ccccc1. The van der Waals surface area contributed by atoms with E-state index in [4.69, 9.17) is 9.47 Å². The first-order valence-electron chi connectivity index (χ1n) is 32.6. The van der Waals surface area contributed by atoms with Gasteiger partial charge < -0.3 is 23.8 Å². The third-order valence-corrected chi connectivity index (χ3v) is 19.6. The second-order valence-electron chi connectivity index (χ2n) is 28.3. The molecule has 0 N–H and O–H groups in total. The zero-order valence-corrected chi connectivity index (χ0v) is 53.0. The molecule has 0 saturated carbocycles. The highest BCUT2D eigenvalue weighted by atomic mass is 16.5. The minimum absolute atomic E-state index is 0.0321. The van der Waals surface area contributed by atoms with Crippen molar-refractivity contribution in [1.82, 2.24) is 4.57 Å². The molecule has 7 heteroatoms. The van der Waals surface area contributed by atoms with Crippen LogP contribution >= 0.6 is 0 Å². The van der Waals surface area contributed by atoms with Gasteiger partial charge in [0, 0.05) is 62.0 Å². The first-order chi connectivity index (χ1) is 44.5. The molecular weight excluding hydrogens is 1100 g/mol. The Bertz CT molecular complexity index is 5150. The summed E-state index contributed by atoms with van der Waals surface area (Å²) in [5.74, 6) is 3.08. The third-order valence-electron chi connectivity index (χ3n) is 19.6. The predicted molar refractivity (Wildman–Crippen MR) is 385 cm³/mol. The van der Waals surface area contributed by atoms with Crippen LogP contribution in [-0.2, 0) is 16.2 Å². The molecule has 91 heavy (non-hydrogen) atoms. The van der Waals surface area contributed by atoms with E-state index in [1.807, 2.05) is 0 Å². The molecule has 0 unspecified atom stereocenters. The Hall–Kier alpha value is -10.2. The average molecular weight is 1180 g/mol. The molecule has 13 aromatic rings. The lowest BCUT2D eigenvalue weighted by molar-refractivity contribution is 0.482. The summed E-state index contributed by atoms with van der Waals surface area (Å²) in [7, 11) is 0. The van der Waals surface area contributed by atoms with Gasteiger partial charge in [0.05, 0.1) is 23.8 Å². The Kier molecular flexibility index (Phi) is 11.9. The minimum Gasteiger partial charge on any atom is -0.458 e. The molecule has 0 amide bonds. The van der Waals surface area contributed by atoms with Gasteiger partial charge in [-0.3, -0.25) is 0 Å². The Morgan fingerprint density at radius 1 is 0.330 bits per heavy atom. The molecule has 4 aliphatic rings. The lowest BCUT2D eigenvalue weighted by Crippen LogP contribution is -2.63. The van der Waals surface area contributed by atoms with Crippen molar-refractivity contribution < 1.29 is 10.8 Å². The van der Waals surface area contributed by atoms with Gasteiger partial charge in [0.2, 0.25) is 0 Å². The number of fused-ring (bicyclic) bond motifs is 11. The normalized spacial score (nSPS) is 13.8. The zero-order chi connectivity index (χ0) is 62.7. The second-order valence-corrected chi connectivity index (χ2v) is 28.3. The van der Waals surface area contributed by atoms with Crippen LogP contribution in [0.2, 0.25) is 0 Å². The lowest BCUT2D eigenvalue weighted by atomic mass is 9.31.